The van der Waals surface area contributed by atoms with Crippen LogP contribution in [-0.4, -0.2) is 45.4 Å². The Balaban J connectivity index is 1.34. The second-order valence-corrected chi connectivity index (χ2v) is 6.98. The Hall–Kier alpha value is -4.07. The third-order valence-electron chi connectivity index (χ3n) is 4.89. The zero-order valence-electron chi connectivity index (χ0n) is 16.8. The van der Waals surface area contributed by atoms with Gasteiger partial charge in [0.25, 0.3) is 5.91 Å². The van der Waals surface area contributed by atoms with Crippen molar-refractivity contribution in [2.45, 2.75) is 6.42 Å². The molecule has 8 nitrogen and oxygen atoms in total. The van der Waals surface area contributed by atoms with E-state index < -0.39 is 17.1 Å². The average molecular weight is 418 g/mol. The van der Waals surface area contributed by atoms with Crippen LogP contribution in [-0.2, 0) is 6.42 Å². The number of fused-ring (bicyclic) bond motifs is 1. The number of pyridine rings is 2. The van der Waals surface area contributed by atoms with Crippen LogP contribution in [0.2, 0.25) is 0 Å². The number of ether oxygens (including phenoxy) is 1. The van der Waals surface area contributed by atoms with Gasteiger partial charge in [-0.1, -0.05) is 30.3 Å². The number of carbonyl (C=O) groups is 1. The van der Waals surface area contributed by atoms with Crippen molar-refractivity contribution in [3.8, 4) is 11.5 Å². The van der Waals surface area contributed by atoms with Crippen molar-refractivity contribution in [2.24, 2.45) is 0 Å². The molecule has 1 amide bonds. The van der Waals surface area contributed by atoms with Gasteiger partial charge in [0.1, 0.15) is 19.0 Å². The molecular formula is C23H22N4O4. The predicted molar refractivity (Wildman–Crippen MR) is 116 cm³/mol. The fraction of sp³-hybridized carbons (Fsp3) is 0.174. The van der Waals surface area contributed by atoms with E-state index >= 15 is 0 Å². The van der Waals surface area contributed by atoms with E-state index in [1.165, 1.54) is 21.8 Å². The number of carbonyl (C=O) groups excluding carboxylic acids is 1. The molecule has 0 fully saturated rings. The van der Waals surface area contributed by atoms with Gasteiger partial charge in [0, 0.05) is 42.7 Å². The number of nitrogens with one attached hydrogen (secondary N) is 1. The summed E-state index contributed by atoms with van der Waals surface area (Å²) in [6.07, 6.45) is 7.52. The minimum absolute atomic E-state index is 0.0631. The monoisotopic (exact) mass is 418 g/mol. The predicted octanol–water partition coefficient (Wildman–Crippen LogP) is 2.13. The fourth-order valence-electron chi connectivity index (χ4n) is 3.29. The first-order chi connectivity index (χ1) is 15.1. The highest BCUT2D eigenvalue weighted by molar-refractivity contribution is 5.96. The van der Waals surface area contributed by atoms with Gasteiger partial charge in [0.2, 0.25) is 5.43 Å². The van der Waals surface area contributed by atoms with Gasteiger partial charge in [-0.3, -0.25) is 19.2 Å². The summed E-state index contributed by atoms with van der Waals surface area (Å²) in [5.74, 6) is -0.187. The van der Waals surface area contributed by atoms with Crippen LogP contribution >= 0.6 is 0 Å². The molecule has 1 aromatic carbocycles. The molecule has 0 unspecified atom stereocenters. The molecule has 0 saturated heterocycles. The summed E-state index contributed by atoms with van der Waals surface area (Å²) in [6.45, 7) is 0.912. The minimum atomic E-state index is -0.587. The Labute approximate surface area is 179 Å². The lowest BCUT2D eigenvalue weighted by atomic mass is 10.1. The number of nitrogens with zero attached hydrogens (tertiary/aromatic N) is 3. The van der Waals surface area contributed by atoms with Gasteiger partial charge in [0.15, 0.2) is 11.4 Å². The van der Waals surface area contributed by atoms with Gasteiger partial charge >= 0.3 is 0 Å². The highest BCUT2D eigenvalue weighted by atomic mass is 16.5. The molecule has 1 aliphatic heterocycles. The molecule has 2 aromatic heterocycles. The largest absolute Gasteiger partial charge is 0.502 e. The number of aromatic nitrogens is 2. The Bertz CT molecular complexity index is 1160. The molecule has 0 atom stereocenters. The van der Waals surface area contributed by atoms with E-state index in [1.54, 1.807) is 6.20 Å². The first-order valence-electron chi connectivity index (χ1n) is 9.87. The van der Waals surface area contributed by atoms with Gasteiger partial charge in [-0.05, 0) is 24.3 Å². The standard InChI is InChI=1S/C23H22N4O4/c28-19-10-13-27-21(22(19)29)23(30)26(16-25-27)12-5-6-14-31-20-9-2-1-7-17(20)15-18-8-3-4-11-24-18/h1-11,13,25,29H,12,14-16H2/b6-5-. The van der Waals surface area contributed by atoms with Crippen LogP contribution in [0.1, 0.15) is 21.7 Å². The SMILES string of the molecule is O=C1c2c(O)c(=O)ccn2NCN1C/C=C\COc1ccccc1Cc1ccccn1. The van der Waals surface area contributed by atoms with E-state index in [2.05, 4.69) is 10.4 Å². The summed E-state index contributed by atoms with van der Waals surface area (Å²) < 4.78 is 7.26. The number of amides is 1. The van der Waals surface area contributed by atoms with Crippen LogP contribution in [0.3, 0.4) is 0 Å². The Morgan fingerprint density at radius 1 is 1.10 bits per heavy atom. The molecule has 1 aliphatic rings. The minimum Gasteiger partial charge on any atom is -0.502 e. The van der Waals surface area contributed by atoms with E-state index in [0.29, 0.717) is 19.6 Å². The molecule has 2 N–H and O–H groups in total. The summed E-state index contributed by atoms with van der Waals surface area (Å²) in [4.78, 5) is 30.1. The summed E-state index contributed by atoms with van der Waals surface area (Å²) in [7, 11) is 0. The molecule has 158 valence electrons. The highest BCUT2D eigenvalue weighted by Crippen LogP contribution is 2.21. The van der Waals surface area contributed by atoms with Gasteiger partial charge in [-0.15, -0.1) is 0 Å². The van der Waals surface area contributed by atoms with Crippen molar-refractivity contribution in [2.75, 3.05) is 25.2 Å². The van der Waals surface area contributed by atoms with Crippen LogP contribution < -0.4 is 15.6 Å². The summed E-state index contributed by atoms with van der Waals surface area (Å²) in [6, 6.07) is 14.8. The molecule has 3 aromatic rings. The third-order valence-corrected chi connectivity index (χ3v) is 4.89. The lowest BCUT2D eigenvalue weighted by molar-refractivity contribution is 0.0741. The molecule has 3 heterocycles. The average Bonchev–Trinajstić information content (AvgIpc) is 2.79. The Morgan fingerprint density at radius 3 is 2.77 bits per heavy atom. The van der Waals surface area contributed by atoms with Crippen LogP contribution in [0, 0.1) is 0 Å². The van der Waals surface area contributed by atoms with E-state index in [-0.39, 0.29) is 12.4 Å². The number of para-hydroxylation sites is 1. The molecule has 0 saturated carbocycles. The normalized spacial score (nSPS) is 13.2. The van der Waals surface area contributed by atoms with Gasteiger partial charge < -0.3 is 20.2 Å². The number of rotatable bonds is 7. The van der Waals surface area contributed by atoms with Gasteiger partial charge in [-0.2, -0.15) is 0 Å². The molecule has 4 rings (SSSR count). The third kappa shape index (κ3) is 4.58. The smallest absolute Gasteiger partial charge is 0.278 e. The zero-order chi connectivity index (χ0) is 21.6. The molecule has 8 heteroatoms. The van der Waals surface area contributed by atoms with Crippen LogP contribution in [0.25, 0.3) is 0 Å². The first kappa shape index (κ1) is 20.2. The van der Waals surface area contributed by atoms with E-state index in [1.807, 2.05) is 54.6 Å². The van der Waals surface area contributed by atoms with E-state index in [0.717, 1.165) is 17.0 Å². The fourth-order valence-corrected chi connectivity index (χ4v) is 3.29. The summed E-state index contributed by atoms with van der Waals surface area (Å²) in [5, 5.41) is 9.94. The number of hydrogen-bond donors (Lipinski definition) is 2. The van der Waals surface area contributed by atoms with Crippen molar-refractivity contribution in [1.29, 1.82) is 0 Å². The van der Waals surface area contributed by atoms with Crippen molar-refractivity contribution in [1.82, 2.24) is 14.6 Å². The maximum Gasteiger partial charge on any atom is 0.278 e. The van der Waals surface area contributed by atoms with Crippen LogP contribution in [0.5, 0.6) is 11.5 Å². The summed E-state index contributed by atoms with van der Waals surface area (Å²) >= 11 is 0. The molecule has 0 radical (unpaired) electrons. The number of benzene rings is 1. The molecular weight excluding hydrogens is 396 g/mol. The zero-order valence-corrected chi connectivity index (χ0v) is 16.8. The van der Waals surface area contributed by atoms with E-state index in [4.69, 9.17) is 4.74 Å². The molecule has 0 bridgehead atoms. The van der Waals surface area contributed by atoms with Gasteiger partial charge in [-0.25, -0.2) is 0 Å². The Morgan fingerprint density at radius 2 is 1.94 bits per heavy atom. The summed E-state index contributed by atoms with van der Waals surface area (Å²) in [5.41, 5.74) is 4.32. The van der Waals surface area contributed by atoms with Crippen molar-refractivity contribution < 1.29 is 14.6 Å². The second-order valence-electron chi connectivity index (χ2n) is 6.98. The first-order valence-corrected chi connectivity index (χ1v) is 9.87. The number of hydrogen-bond acceptors (Lipinski definition) is 6. The topological polar surface area (TPSA) is 96.7 Å². The Kier molecular flexibility index (Phi) is 5.98. The maximum atomic E-state index is 12.6. The lowest BCUT2D eigenvalue weighted by Gasteiger charge is -2.30. The van der Waals surface area contributed by atoms with Gasteiger partial charge in [0.05, 0.1) is 0 Å². The second kappa shape index (κ2) is 9.17. The maximum absolute atomic E-state index is 12.6. The molecule has 31 heavy (non-hydrogen) atoms. The lowest BCUT2D eigenvalue weighted by Crippen LogP contribution is -2.46. The number of aromatic hydroxyl groups is 1. The van der Waals surface area contributed by atoms with Crippen LogP contribution in [0.15, 0.2) is 77.9 Å². The van der Waals surface area contributed by atoms with E-state index in [9.17, 15) is 14.7 Å². The highest BCUT2D eigenvalue weighted by Gasteiger charge is 2.27. The van der Waals surface area contributed by atoms with Crippen molar-refractivity contribution in [3.05, 3.63) is 100 Å². The van der Waals surface area contributed by atoms with Crippen molar-refractivity contribution in [3.63, 3.8) is 0 Å². The van der Waals surface area contributed by atoms with Crippen molar-refractivity contribution >= 4 is 5.91 Å². The quantitative estimate of drug-likeness (QED) is 0.571. The van der Waals surface area contributed by atoms with Crippen LogP contribution in [0.4, 0.5) is 0 Å². The molecule has 0 spiro atoms. The molecule has 0 aliphatic carbocycles.